The summed E-state index contributed by atoms with van der Waals surface area (Å²) in [5.74, 6) is -0.346. The molecule has 1 unspecified atom stereocenters. The van der Waals surface area contributed by atoms with Gasteiger partial charge in [0.25, 0.3) is 0 Å². The zero-order chi connectivity index (χ0) is 14.4. The molecule has 0 radical (unpaired) electrons. The van der Waals surface area contributed by atoms with Gasteiger partial charge in [0.2, 0.25) is 12.5 Å². The molecular formula is C12H15FN2O3S. The Kier molecular flexibility index (Phi) is 5.75. The molecule has 0 aliphatic heterocycles. The van der Waals surface area contributed by atoms with E-state index in [4.69, 9.17) is 0 Å². The van der Waals surface area contributed by atoms with Crippen LogP contribution in [0.15, 0.2) is 24.3 Å². The van der Waals surface area contributed by atoms with Gasteiger partial charge in [-0.2, -0.15) is 0 Å². The Bertz CT molecular complexity index is 451. The van der Waals surface area contributed by atoms with Crippen LogP contribution in [0.4, 0.5) is 4.39 Å². The molecule has 19 heavy (non-hydrogen) atoms. The van der Waals surface area contributed by atoms with Gasteiger partial charge in [0.15, 0.2) is 0 Å². The Hall–Kier alpha value is -1.63. The molecule has 0 spiro atoms. The Labute approximate surface area is 114 Å². The fraction of sp³-hybridized carbons (Fsp3) is 0.417. The Balaban J connectivity index is 2.74. The van der Waals surface area contributed by atoms with Gasteiger partial charge >= 0.3 is 0 Å². The van der Waals surface area contributed by atoms with Crippen molar-refractivity contribution in [3.8, 4) is 0 Å². The van der Waals surface area contributed by atoms with Crippen molar-refractivity contribution in [2.45, 2.75) is 5.25 Å². The molecule has 1 rings (SSSR count). The van der Waals surface area contributed by atoms with E-state index in [1.54, 1.807) is 14.1 Å². The summed E-state index contributed by atoms with van der Waals surface area (Å²) in [4.78, 5) is 23.1. The van der Waals surface area contributed by atoms with Crippen LogP contribution in [0.5, 0.6) is 0 Å². The monoisotopic (exact) mass is 286 g/mol. The summed E-state index contributed by atoms with van der Waals surface area (Å²) < 4.78 is 12.8. The average Bonchev–Trinajstić information content (AvgIpc) is 2.34. The van der Waals surface area contributed by atoms with Crippen LogP contribution in [-0.4, -0.2) is 42.1 Å². The van der Waals surface area contributed by atoms with Crippen molar-refractivity contribution < 1.29 is 14.1 Å². The predicted octanol–water partition coefficient (Wildman–Crippen LogP) is 1.96. The van der Waals surface area contributed by atoms with E-state index in [2.05, 4.69) is 0 Å². The van der Waals surface area contributed by atoms with Crippen LogP contribution in [0.2, 0.25) is 0 Å². The van der Waals surface area contributed by atoms with Crippen molar-refractivity contribution >= 4 is 17.7 Å². The standard InChI is InChI=1S/C12H15FN2O3S/c1-14(2)12(16)8-19-11(7-15(17)18)9-3-5-10(13)6-4-9/h3-6,11H,7-8H2,1-2H3. The maximum absolute atomic E-state index is 12.8. The van der Waals surface area contributed by atoms with Gasteiger partial charge in [-0.15, -0.1) is 11.8 Å². The molecule has 0 aromatic heterocycles. The number of hydrogen-bond acceptors (Lipinski definition) is 4. The van der Waals surface area contributed by atoms with Crippen LogP contribution in [0.1, 0.15) is 10.8 Å². The quantitative estimate of drug-likeness (QED) is 0.592. The minimum absolute atomic E-state index is 0.111. The van der Waals surface area contributed by atoms with E-state index in [-0.39, 0.29) is 18.2 Å². The van der Waals surface area contributed by atoms with Crippen molar-refractivity contribution in [3.63, 3.8) is 0 Å². The molecule has 1 aromatic rings. The number of amides is 1. The summed E-state index contributed by atoms with van der Waals surface area (Å²) in [7, 11) is 3.26. The maximum Gasteiger partial charge on any atom is 0.232 e. The minimum atomic E-state index is -0.459. The first kappa shape index (κ1) is 15.4. The molecular weight excluding hydrogens is 271 g/mol. The number of rotatable bonds is 6. The molecule has 0 aliphatic rings. The van der Waals surface area contributed by atoms with E-state index in [1.807, 2.05) is 0 Å². The predicted molar refractivity (Wildman–Crippen MR) is 72.2 cm³/mol. The van der Waals surface area contributed by atoms with Crippen LogP contribution in [0.25, 0.3) is 0 Å². The van der Waals surface area contributed by atoms with E-state index < -0.39 is 16.0 Å². The molecule has 0 aliphatic carbocycles. The van der Waals surface area contributed by atoms with Gasteiger partial charge in [-0.1, -0.05) is 12.1 Å². The highest BCUT2D eigenvalue weighted by molar-refractivity contribution is 8.00. The second-order valence-electron chi connectivity index (χ2n) is 4.15. The van der Waals surface area contributed by atoms with Crippen molar-refractivity contribution in [3.05, 3.63) is 45.8 Å². The molecule has 5 nitrogen and oxygen atoms in total. The first-order valence-electron chi connectivity index (χ1n) is 5.59. The SMILES string of the molecule is CN(C)C(=O)CSC(C[N+](=O)[O-])c1ccc(F)cc1. The molecule has 1 amide bonds. The number of thioether (sulfide) groups is 1. The lowest BCUT2D eigenvalue weighted by atomic mass is 10.1. The minimum Gasteiger partial charge on any atom is -0.348 e. The van der Waals surface area contributed by atoms with E-state index in [1.165, 1.54) is 40.9 Å². The molecule has 7 heteroatoms. The van der Waals surface area contributed by atoms with Crippen LogP contribution >= 0.6 is 11.8 Å². The zero-order valence-corrected chi connectivity index (χ0v) is 11.5. The first-order valence-corrected chi connectivity index (χ1v) is 6.64. The lowest BCUT2D eigenvalue weighted by Gasteiger charge is -2.15. The molecule has 1 aromatic carbocycles. The highest BCUT2D eigenvalue weighted by Gasteiger charge is 2.20. The fourth-order valence-corrected chi connectivity index (χ4v) is 2.55. The van der Waals surface area contributed by atoms with Crippen molar-refractivity contribution in [1.82, 2.24) is 4.90 Å². The zero-order valence-electron chi connectivity index (χ0n) is 10.7. The Morgan fingerprint density at radius 3 is 2.47 bits per heavy atom. The molecule has 0 N–H and O–H groups in total. The fourth-order valence-electron chi connectivity index (χ4n) is 1.37. The van der Waals surface area contributed by atoms with E-state index >= 15 is 0 Å². The number of carbonyl (C=O) groups excluding carboxylic acids is 1. The summed E-state index contributed by atoms with van der Waals surface area (Å²) in [6.07, 6.45) is 0. The third kappa shape index (κ3) is 5.25. The highest BCUT2D eigenvalue weighted by Crippen LogP contribution is 2.29. The third-order valence-electron chi connectivity index (χ3n) is 2.46. The molecule has 0 saturated heterocycles. The van der Waals surface area contributed by atoms with E-state index in [0.29, 0.717) is 5.56 Å². The highest BCUT2D eigenvalue weighted by atomic mass is 32.2. The number of hydrogen-bond donors (Lipinski definition) is 0. The summed E-state index contributed by atoms with van der Waals surface area (Å²) in [5, 5.41) is 10.2. The Morgan fingerprint density at radius 1 is 1.42 bits per heavy atom. The van der Waals surface area contributed by atoms with Crippen molar-refractivity contribution in [1.29, 1.82) is 0 Å². The second kappa shape index (κ2) is 7.08. The topological polar surface area (TPSA) is 63.5 Å². The van der Waals surface area contributed by atoms with Gasteiger partial charge in [0, 0.05) is 19.0 Å². The van der Waals surface area contributed by atoms with Gasteiger partial charge in [0.05, 0.1) is 11.0 Å². The van der Waals surface area contributed by atoms with Gasteiger partial charge < -0.3 is 4.90 Å². The van der Waals surface area contributed by atoms with Crippen LogP contribution in [-0.2, 0) is 4.79 Å². The molecule has 0 bridgehead atoms. The van der Waals surface area contributed by atoms with Crippen molar-refractivity contribution in [2.24, 2.45) is 0 Å². The molecule has 0 saturated carbocycles. The van der Waals surface area contributed by atoms with Gasteiger partial charge in [0.1, 0.15) is 5.82 Å². The van der Waals surface area contributed by atoms with Crippen LogP contribution in [0.3, 0.4) is 0 Å². The van der Waals surface area contributed by atoms with E-state index in [0.717, 1.165) is 0 Å². The van der Waals surface area contributed by atoms with Crippen molar-refractivity contribution in [2.75, 3.05) is 26.4 Å². The first-order chi connectivity index (χ1) is 8.90. The van der Waals surface area contributed by atoms with Crippen LogP contribution < -0.4 is 0 Å². The second-order valence-corrected chi connectivity index (χ2v) is 5.35. The summed E-state index contributed by atoms with van der Waals surface area (Å²) in [6, 6.07) is 5.54. The summed E-state index contributed by atoms with van der Waals surface area (Å²) in [6.45, 7) is -0.295. The van der Waals surface area contributed by atoms with Gasteiger partial charge in [-0.25, -0.2) is 4.39 Å². The number of nitrogens with zero attached hydrogens (tertiary/aromatic N) is 2. The van der Waals surface area contributed by atoms with E-state index in [9.17, 15) is 19.3 Å². The van der Waals surface area contributed by atoms with Crippen LogP contribution in [0, 0.1) is 15.9 Å². The summed E-state index contributed by atoms with van der Waals surface area (Å²) >= 11 is 1.19. The normalized spacial score (nSPS) is 11.9. The summed E-state index contributed by atoms with van der Waals surface area (Å²) in [5.41, 5.74) is 0.648. The lowest BCUT2D eigenvalue weighted by Crippen LogP contribution is -2.24. The number of carbonyl (C=O) groups is 1. The number of benzene rings is 1. The molecule has 0 fully saturated rings. The number of halogens is 1. The molecule has 104 valence electrons. The molecule has 0 heterocycles. The maximum atomic E-state index is 12.8. The lowest BCUT2D eigenvalue weighted by molar-refractivity contribution is -0.479. The van der Waals surface area contributed by atoms with Gasteiger partial charge in [-0.3, -0.25) is 14.9 Å². The molecule has 1 atom stereocenters. The average molecular weight is 286 g/mol. The van der Waals surface area contributed by atoms with Gasteiger partial charge in [-0.05, 0) is 17.7 Å². The third-order valence-corrected chi connectivity index (χ3v) is 3.70. The number of nitro groups is 1. The largest absolute Gasteiger partial charge is 0.348 e. The Morgan fingerprint density at radius 2 is 2.00 bits per heavy atom. The smallest absolute Gasteiger partial charge is 0.232 e.